The number of hydrogen-bond donors (Lipinski definition) is 0. The van der Waals surface area contributed by atoms with Gasteiger partial charge in [0.2, 0.25) is 0 Å². The van der Waals surface area contributed by atoms with E-state index < -0.39 is 0 Å². The number of carbonyl (C=O) groups is 1. The van der Waals surface area contributed by atoms with Gasteiger partial charge >= 0.3 is 5.97 Å². The van der Waals surface area contributed by atoms with Crippen LogP contribution in [0.1, 0.15) is 27.9 Å². The van der Waals surface area contributed by atoms with E-state index in [1.807, 2.05) is 13.0 Å². The van der Waals surface area contributed by atoms with Crippen LogP contribution < -0.4 is 0 Å². The predicted molar refractivity (Wildman–Crippen MR) is 56.5 cm³/mol. The molecule has 15 heavy (non-hydrogen) atoms. The lowest BCUT2D eigenvalue weighted by Crippen LogP contribution is -2.02. The summed E-state index contributed by atoms with van der Waals surface area (Å²) in [7, 11) is 1.36. The highest BCUT2D eigenvalue weighted by atomic mass is 16.5. The van der Waals surface area contributed by atoms with Gasteiger partial charge in [-0.25, -0.2) is 4.79 Å². The molecule has 0 radical (unpaired) electrons. The maximum Gasteiger partial charge on any atom is 0.337 e. The third-order valence-corrected chi connectivity index (χ3v) is 2.27. The van der Waals surface area contributed by atoms with Gasteiger partial charge in [-0.2, -0.15) is 5.26 Å². The fourth-order valence-electron chi connectivity index (χ4n) is 1.41. The number of nitrogens with zero attached hydrogens (tertiary/aromatic N) is 1. The van der Waals surface area contributed by atoms with Gasteiger partial charge in [0.25, 0.3) is 0 Å². The van der Waals surface area contributed by atoms with Crippen molar-refractivity contribution in [1.29, 1.82) is 5.26 Å². The van der Waals surface area contributed by atoms with Gasteiger partial charge in [0.15, 0.2) is 0 Å². The van der Waals surface area contributed by atoms with E-state index in [1.54, 1.807) is 12.1 Å². The van der Waals surface area contributed by atoms with E-state index in [4.69, 9.17) is 5.26 Å². The highest BCUT2D eigenvalue weighted by Crippen LogP contribution is 2.13. The molecule has 0 amide bonds. The van der Waals surface area contributed by atoms with Crippen LogP contribution in [0.25, 0.3) is 0 Å². The maximum atomic E-state index is 11.2. The van der Waals surface area contributed by atoms with Crippen molar-refractivity contribution in [2.75, 3.05) is 7.11 Å². The van der Waals surface area contributed by atoms with Gasteiger partial charge in [0.1, 0.15) is 0 Å². The molecule has 3 heteroatoms. The first-order valence-corrected chi connectivity index (χ1v) is 4.74. The van der Waals surface area contributed by atoms with Crippen LogP contribution in [-0.4, -0.2) is 13.1 Å². The fraction of sp³-hybridized carbons (Fsp3) is 0.333. The number of methoxy groups -OCH3 is 1. The largest absolute Gasteiger partial charge is 0.465 e. The lowest BCUT2D eigenvalue weighted by Gasteiger charge is -2.05. The number of ether oxygens (including phenoxy) is 1. The highest BCUT2D eigenvalue weighted by molar-refractivity contribution is 5.89. The highest BCUT2D eigenvalue weighted by Gasteiger charge is 2.06. The van der Waals surface area contributed by atoms with Gasteiger partial charge in [0.05, 0.1) is 18.7 Å². The van der Waals surface area contributed by atoms with Crippen LogP contribution in [0.2, 0.25) is 0 Å². The van der Waals surface area contributed by atoms with Crippen LogP contribution in [0, 0.1) is 18.3 Å². The lowest BCUT2D eigenvalue weighted by atomic mass is 10.0. The van der Waals surface area contributed by atoms with Crippen molar-refractivity contribution in [3.8, 4) is 6.07 Å². The lowest BCUT2D eigenvalue weighted by molar-refractivity contribution is 0.0600. The van der Waals surface area contributed by atoms with Crippen molar-refractivity contribution >= 4 is 5.97 Å². The second-order valence-electron chi connectivity index (χ2n) is 3.29. The molecule has 1 aromatic rings. The standard InChI is InChI=1S/C12H13NO2/c1-9-8-11(12(14)15-2)6-5-10(9)4-3-7-13/h5-6,8H,3-4H2,1-2H3. The summed E-state index contributed by atoms with van der Waals surface area (Å²) in [6.45, 7) is 1.93. The minimum atomic E-state index is -0.329. The van der Waals surface area contributed by atoms with E-state index >= 15 is 0 Å². The number of esters is 1. The molecule has 0 saturated carbocycles. The van der Waals surface area contributed by atoms with E-state index in [-0.39, 0.29) is 5.97 Å². The fourth-order valence-corrected chi connectivity index (χ4v) is 1.41. The molecule has 0 heterocycles. The minimum Gasteiger partial charge on any atom is -0.465 e. The van der Waals surface area contributed by atoms with E-state index in [9.17, 15) is 4.79 Å². The second-order valence-corrected chi connectivity index (χ2v) is 3.29. The van der Waals surface area contributed by atoms with Crippen LogP contribution in [0.3, 0.4) is 0 Å². The summed E-state index contributed by atoms with van der Waals surface area (Å²) in [5.74, 6) is -0.329. The minimum absolute atomic E-state index is 0.329. The van der Waals surface area contributed by atoms with Crippen molar-refractivity contribution in [2.24, 2.45) is 0 Å². The third kappa shape index (κ3) is 2.81. The number of carbonyl (C=O) groups excluding carboxylic acids is 1. The van der Waals surface area contributed by atoms with Gasteiger partial charge < -0.3 is 4.74 Å². The molecule has 0 aliphatic rings. The first-order valence-electron chi connectivity index (χ1n) is 4.74. The third-order valence-electron chi connectivity index (χ3n) is 2.27. The van der Waals surface area contributed by atoms with E-state index in [0.717, 1.165) is 17.5 Å². The van der Waals surface area contributed by atoms with Crippen molar-refractivity contribution < 1.29 is 9.53 Å². The smallest absolute Gasteiger partial charge is 0.337 e. The molecule has 1 rings (SSSR count). The first-order chi connectivity index (χ1) is 7.19. The predicted octanol–water partition coefficient (Wildman–Crippen LogP) is 2.24. The molecular formula is C12H13NO2. The summed E-state index contributed by atoms with van der Waals surface area (Å²) in [6, 6.07) is 7.49. The van der Waals surface area contributed by atoms with Gasteiger partial charge in [0, 0.05) is 6.42 Å². The Morgan fingerprint density at radius 2 is 2.27 bits per heavy atom. The molecule has 0 aliphatic carbocycles. The van der Waals surface area contributed by atoms with Crippen molar-refractivity contribution in [3.05, 3.63) is 34.9 Å². The molecule has 3 nitrogen and oxygen atoms in total. The summed E-state index contributed by atoms with van der Waals surface area (Å²) < 4.78 is 4.62. The summed E-state index contributed by atoms with van der Waals surface area (Å²) in [4.78, 5) is 11.2. The van der Waals surface area contributed by atoms with E-state index in [2.05, 4.69) is 10.8 Å². The quantitative estimate of drug-likeness (QED) is 0.708. The number of nitriles is 1. The Morgan fingerprint density at radius 3 is 2.80 bits per heavy atom. The second kappa shape index (κ2) is 5.16. The summed E-state index contributed by atoms with van der Waals surface area (Å²) >= 11 is 0. The zero-order valence-corrected chi connectivity index (χ0v) is 8.91. The Balaban J connectivity index is 2.89. The van der Waals surface area contributed by atoms with Crippen LogP contribution in [0.15, 0.2) is 18.2 Å². The van der Waals surface area contributed by atoms with Crippen molar-refractivity contribution in [3.63, 3.8) is 0 Å². The Bertz CT molecular complexity index is 405. The van der Waals surface area contributed by atoms with Crippen molar-refractivity contribution in [1.82, 2.24) is 0 Å². The van der Waals surface area contributed by atoms with Crippen LogP contribution in [0.5, 0.6) is 0 Å². The summed E-state index contributed by atoms with van der Waals surface area (Å²) in [6.07, 6.45) is 1.22. The Morgan fingerprint density at radius 1 is 1.53 bits per heavy atom. The SMILES string of the molecule is COC(=O)c1ccc(CCC#N)c(C)c1. The number of hydrogen-bond acceptors (Lipinski definition) is 3. The van der Waals surface area contributed by atoms with Crippen LogP contribution in [0.4, 0.5) is 0 Å². The monoisotopic (exact) mass is 203 g/mol. The average Bonchev–Trinajstić information content (AvgIpc) is 2.26. The summed E-state index contributed by atoms with van der Waals surface area (Å²) in [5.41, 5.74) is 2.67. The summed E-state index contributed by atoms with van der Waals surface area (Å²) in [5, 5.41) is 8.48. The van der Waals surface area contributed by atoms with Crippen LogP contribution >= 0.6 is 0 Å². The van der Waals surface area contributed by atoms with Gasteiger partial charge in [-0.3, -0.25) is 0 Å². The Labute approximate surface area is 89.3 Å². The average molecular weight is 203 g/mol. The molecular weight excluding hydrogens is 190 g/mol. The molecule has 0 fully saturated rings. The molecule has 78 valence electrons. The number of benzene rings is 1. The van der Waals surface area contributed by atoms with Gasteiger partial charge in [-0.1, -0.05) is 6.07 Å². The van der Waals surface area contributed by atoms with Gasteiger partial charge in [-0.15, -0.1) is 0 Å². The van der Waals surface area contributed by atoms with Crippen molar-refractivity contribution in [2.45, 2.75) is 19.8 Å². The zero-order chi connectivity index (χ0) is 11.3. The molecule has 0 aromatic heterocycles. The molecule has 0 unspecified atom stereocenters. The molecule has 0 aliphatic heterocycles. The van der Waals surface area contributed by atoms with Crippen LogP contribution in [-0.2, 0) is 11.2 Å². The number of aryl methyl sites for hydroxylation is 2. The Kier molecular flexibility index (Phi) is 3.87. The normalized spacial score (nSPS) is 9.40. The molecule has 0 spiro atoms. The molecule has 0 N–H and O–H groups in total. The topological polar surface area (TPSA) is 50.1 Å². The molecule has 0 bridgehead atoms. The van der Waals surface area contributed by atoms with E-state index in [1.165, 1.54) is 7.11 Å². The molecule has 0 atom stereocenters. The first kappa shape index (κ1) is 11.3. The molecule has 0 saturated heterocycles. The van der Waals surface area contributed by atoms with E-state index in [0.29, 0.717) is 12.0 Å². The molecule has 1 aromatic carbocycles. The number of rotatable bonds is 3. The maximum absolute atomic E-state index is 11.2. The van der Waals surface area contributed by atoms with Gasteiger partial charge in [-0.05, 0) is 36.6 Å². The zero-order valence-electron chi connectivity index (χ0n) is 8.91. The Hall–Kier alpha value is -1.82.